The van der Waals surface area contributed by atoms with Crippen molar-refractivity contribution in [2.75, 3.05) is 0 Å². The molecule has 106 valence electrons. The number of nitrogens with zero attached hydrogens (tertiary/aromatic N) is 3. The summed E-state index contributed by atoms with van der Waals surface area (Å²) in [6.07, 6.45) is 2.34. The predicted molar refractivity (Wildman–Crippen MR) is 68.2 cm³/mol. The normalized spacial score (nSPS) is 38.2. The highest BCUT2D eigenvalue weighted by Gasteiger charge is 2.73. The zero-order valence-corrected chi connectivity index (χ0v) is 10.9. The summed E-state index contributed by atoms with van der Waals surface area (Å²) in [4.78, 5) is 22.7. The summed E-state index contributed by atoms with van der Waals surface area (Å²) < 4.78 is 0. The van der Waals surface area contributed by atoms with Gasteiger partial charge in [0.15, 0.2) is 0 Å². The molecule has 1 heterocycles. The highest BCUT2D eigenvalue weighted by Crippen LogP contribution is 2.68. The Kier molecular flexibility index (Phi) is 2.82. The first kappa shape index (κ1) is 13.1. The molecule has 20 heavy (non-hydrogen) atoms. The van der Waals surface area contributed by atoms with Crippen LogP contribution in [0.3, 0.4) is 0 Å². The van der Waals surface area contributed by atoms with E-state index in [1.54, 1.807) is 0 Å². The number of aromatic nitrogens is 3. The number of aliphatic carboxylic acids is 2. The van der Waals surface area contributed by atoms with Crippen molar-refractivity contribution in [3.05, 3.63) is 11.6 Å². The first-order valence-electron chi connectivity index (χ1n) is 5.98. The lowest BCUT2D eigenvalue weighted by Crippen LogP contribution is -2.36. The van der Waals surface area contributed by atoms with E-state index in [2.05, 4.69) is 15.4 Å². The SMILES string of the molecule is [N-]=C[C@@]1(C(=O)O)C[C@@H](Sc2cn[nH]n2)[C@H]2[C@H](C(=O)O)[C@H]21. The van der Waals surface area contributed by atoms with Gasteiger partial charge in [-0.15, -0.1) is 5.10 Å². The maximum Gasteiger partial charge on any atom is 0.311 e. The summed E-state index contributed by atoms with van der Waals surface area (Å²) in [7, 11) is 0. The molecule has 2 aliphatic rings. The highest BCUT2D eigenvalue weighted by atomic mass is 32.2. The number of hydrogen-bond donors (Lipinski definition) is 3. The number of carboxylic acid groups (broad SMARTS) is 2. The van der Waals surface area contributed by atoms with Gasteiger partial charge in [0.1, 0.15) is 5.03 Å². The number of nitrogens with one attached hydrogen (secondary N) is 1. The molecule has 0 saturated heterocycles. The minimum absolute atomic E-state index is 0.190. The van der Waals surface area contributed by atoms with Gasteiger partial charge in [-0.1, -0.05) is 11.8 Å². The van der Waals surface area contributed by atoms with E-state index in [1.165, 1.54) is 18.0 Å². The van der Waals surface area contributed by atoms with Gasteiger partial charge < -0.3 is 15.6 Å². The molecule has 3 N–H and O–H groups in total. The first-order valence-corrected chi connectivity index (χ1v) is 6.86. The Morgan fingerprint density at radius 1 is 1.55 bits per heavy atom. The van der Waals surface area contributed by atoms with Crippen molar-refractivity contribution in [3.8, 4) is 0 Å². The number of H-pyrrole nitrogens is 1. The van der Waals surface area contributed by atoms with Gasteiger partial charge >= 0.3 is 11.9 Å². The topological polar surface area (TPSA) is 138 Å². The van der Waals surface area contributed by atoms with E-state index in [1.807, 2.05) is 0 Å². The monoisotopic (exact) mass is 295 g/mol. The molecule has 0 aliphatic heterocycles. The van der Waals surface area contributed by atoms with Crippen molar-refractivity contribution < 1.29 is 19.8 Å². The molecule has 2 aliphatic carbocycles. The van der Waals surface area contributed by atoms with E-state index in [0.29, 0.717) is 11.2 Å². The van der Waals surface area contributed by atoms with E-state index in [-0.39, 0.29) is 17.6 Å². The van der Waals surface area contributed by atoms with Gasteiger partial charge in [0, 0.05) is 5.25 Å². The highest BCUT2D eigenvalue weighted by molar-refractivity contribution is 7.99. The van der Waals surface area contributed by atoms with Crippen LogP contribution in [0.5, 0.6) is 0 Å². The zero-order chi connectivity index (χ0) is 14.5. The molecule has 1 aromatic rings. The molecule has 2 saturated carbocycles. The standard InChI is InChI=1S/C11H11N4O4S/c12-3-11(10(18)19)1-4(20-5-2-13-15-14-5)6-7(8(6)11)9(16)17/h2-4,6-8H,1H2,(H,16,17)(H,18,19)(H,13,14,15)/q-1/t4-,6+,7+,8+,11+/m1/s1. The maximum absolute atomic E-state index is 11.5. The average molecular weight is 295 g/mol. The second-order valence-corrected chi connectivity index (χ2v) is 6.37. The van der Waals surface area contributed by atoms with Crippen LogP contribution in [-0.2, 0) is 9.59 Å². The molecule has 3 rings (SSSR count). The van der Waals surface area contributed by atoms with Crippen molar-refractivity contribution in [1.29, 1.82) is 0 Å². The summed E-state index contributed by atoms with van der Waals surface area (Å²) in [5.41, 5.74) is -1.48. The molecule has 1 aromatic heterocycles. The minimum Gasteiger partial charge on any atom is -0.813 e. The van der Waals surface area contributed by atoms with Crippen molar-refractivity contribution >= 4 is 29.9 Å². The van der Waals surface area contributed by atoms with E-state index in [0.717, 1.165) is 0 Å². The molecule has 0 unspecified atom stereocenters. The number of aromatic amines is 1. The lowest BCUT2D eigenvalue weighted by Gasteiger charge is -2.27. The third-order valence-electron chi connectivity index (χ3n) is 4.22. The summed E-state index contributed by atoms with van der Waals surface area (Å²) in [6.45, 7) is 0. The zero-order valence-electron chi connectivity index (χ0n) is 10.1. The molecule has 2 fully saturated rings. The summed E-state index contributed by atoms with van der Waals surface area (Å²) >= 11 is 1.30. The Morgan fingerprint density at radius 2 is 2.30 bits per heavy atom. The van der Waals surface area contributed by atoms with Gasteiger partial charge in [0.25, 0.3) is 0 Å². The molecule has 8 nitrogen and oxygen atoms in total. The fourth-order valence-corrected chi connectivity index (χ4v) is 4.70. The Bertz CT molecular complexity index is 577. The second-order valence-electron chi connectivity index (χ2n) is 5.11. The van der Waals surface area contributed by atoms with Crippen LogP contribution in [0, 0.1) is 23.2 Å². The number of rotatable bonds is 5. The van der Waals surface area contributed by atoms with Gasteiger partial charge in [-0.05, 0) is 18.3 Å². The van der Waals surface area contributed by atoms with Crippen LogP contribution in [0.4, 0.5) is 0 Å². The third-order valence-corrected chi connectivity index (χ3v) is 5.44. The third kappa shape index (κ3) is 1.65. The van der Waals surface area contributed by atoms with Crippen LogP contribution in [0.15, 0.2) is 11.2 Å². The maximum atomic E-state index is 11.5. The van der Waals surface area contributed by atoms with E-state index in [9.17, 15) is 25.2 Å². The van der Waals surface area contributed by atoms with E-state index in [4.69, 9.17) is 0 Å². The van der Waals surface area contributed by atoms with Crippen LogP contribution in [0.25, 0.3) is 5.41 Å². The lowest BCUT2D eigenvalue weighted by atomic mass is 9.82. The van der Waals surface area contributed by atoms with Crippen molar-refractivity contribution in [2.24, 2.45) is 23.2 Å². The molecular weight excluding hydrogens is 284 g/mol. The molecule has 0 spiro atoms. The molecule has 0 amide bonds. The van der Waals surface area contributed by atoms with Crippen molar-refractivity contribution in [3.63, 3.8) is 0 Å². The fraction of sp³-hybridized carbons (Fsp3) is 0.545. The smallest absolute Gasteiger partial charge is 0.311 e. The van der Waals surface area contributed by atoms with Gasteiger partial charge in [-0.3, -0.25) is 9.59 Å². The van der Waals surface area contributed by atoms with Gasteiger partial charge in [0.2, 0.25) is 0 Å². The second kappa shape index (κ2) is 4.30. The number of carbonyl (C=O) groups is 2. The Balaban J connectivity index is 1.89. The summed E-state index contributed by atoms with van der Waals surface area (Å²) in [5, 5.41) is 38.3. The molecule has 0 aromatic carbocycles. The van der Waals surface area contributed by atoms with Crippen molar-refractivity contribution in [1.82, 2.24) is 15.4 Å². The number of thioether (sulfide) groups is 1. The van der Waals surface area contributed by atoms with Crippen LogP contribution in [0.1, 0.15) is 6.42 Å². The van der Waals surface area contributed by atoms with Crippen molar-refractivity contribution in [2.45, 2.75) is 16.7 Å². The Hall–Kier alpha value is -1.90. The molecular formula is C11H11N4O4S-. The van der Waals surface area contributed by atoms with Gasteiger partial charge in [-0.25, -0.2) is 6.21 Å². The predicted octanol–water partition coefficient (Wildman–Crippen LogP) is 0.327. The largest absolute Gasteiger partial charge is 0.813 e. The minimum atomic E-state index is -1.48. The summed E-state index contributed by atoms with van der Waals surface area (Å²) in [5.74, 6) is -3.76. The van der Waals surface area contributed by atoms with Crippen LogP contribution in [-0.4, -0.2) is 49.0 Å². The Morgan fingerprint density at radius 3 is 2.80 bits per heavy atom. The molecule has 5 atom stereocenters. The van der Waals surface area contributed by atoms with E-state index >= 15 is 0 Å². The fourth-order valence-electron chi connectivity index (χ4n) is 3.33. The Labute approximate surface area is 117 Å². The lowest BCUT2D eigenvalue weighted by molar-refractivity contribution is -0.146. The summed E-state index contributed by atoms with van der Waals surface area (Å²) in [6, 6.07) is 0. The quantitative estimate of drug-likeness (QED) is 0.665. The van der Waals surface area contributed by atoms with Gasteiger partial charge in [0.05, 0.1) is 17.5 Å². The first-order chi connectivity index (χ1) is 9.51. The number of fused-ring (bicyclic) bond motifs is 1. The van der Waals surface area contributed by atoms with Crippen LogP contribution < -0.4 is 0 Å². The van der Waals surface area contributed by atoms with Crippen LogP contribution in [0.2, 0.25) is 0 Å². The van der Waals surface area contributed by atoms with Crippen LogP contribution >= 0.6 is 11.8 Å². The molecule has 9 heteroatoms. The average Bonchev–Trinajstić information content (AvgIpc) is 2.78. The van der Waals surface area contributed by atoms with E-state index < -0.39 is 29.2 Å². The number of hydrogen-bond acceptors (Lipinski definition) is 5. The molecule has 0 bridgehead atoms. The number of carboxylic acids is 2. The van der Waals surface area contributed by atoms with Gasteiger partial charge in [-0.2, -0.15) is 10.3 Å². The molecule has 0 radical (unpaired) electrons.